The third kappa shape index (κ3) is 1.42. The van der Waals surface area contributed by atoms with Gasteiger partial charge in [0.05, 0.1) is 0 Å². The SMILES string of the molecule is N[C@H](C(=O)O)c1ccc2[nH]ccc2c1O. The number of H-pyrrole nitrogens is 1. The molecule has 0 aliphatic rings. The van der Waals surface area contributed by atoms with E-state index in [4.69, 9.17) is 10.8 Å². The van der Waals surface area contributed by atoms with Crippen LogP contribution in [0.4, 0.5) is 0 Å². The minimum atomic E-state index is -1.20. The zero-order valence-corrected chi connectivity index (χ0v) is 7.77. The maximum Gasteiger partial charge on any atom is 0.325 e. The van der Waals surface area contributed by atoms with Gasteiger partial charge >= 0.3 is 5.97 Å². The van der Waals surface area contributed by atoms with Crippen LogP contribution in [0.25, 0.3) is 10.9 Å². The van der Waals surface area contributed by atoms with Gasteiger partial charge in [-0.25, -0.2) is 0 Å². The average Bonchev–Trinajstić information content (AvgIpc) is 2.66. The van der Waals surface area contributed by atoms with E-state index in [-0.39, 0.29) is 11.3 Å². The predicted octanol–water partition coefficient (Wildman–Crippen LogP) is 0.958. The summed E-state index contributed by atoms with van der Waals surface area (Å²) in [5.41, 5.74) is 6.39. The number of nitrogens with one attached hydrogen (secondary N) is 1. The van der Waals surface area contributed by atoms with Gasteiger partial charge in [0.25, 0.3) is 0 Å². The van der Waals surface area contributed by atoms with Crippen molar-refractivity contribution >= 4 is 16.9 Å². The van der Waals surface area contributed by atoms with Crippen LogP contribution < -0.4 is 5.73 Å². The van der Waals surface area contributed by atoms with Gasteiger partial charge in [-0.3, -0.25) is 4.79 Å². The zero-order chi connectivity index (χ0) is 11.0. The molecule has 0 aliphatic heterocycles. The molecule has 0 saturated carbocycles. The van der Waals surface area contributed by atoms with Crippen LogP contribution in [0.15, 0.2) is 24.4 Å². The number of hydrogen-bond acceptors (Lipinski definition) is 3. The highest BCUT2D eigenvalue weighted by molar-refractivity contribution is 5.89. The van der Waals surface area contributed by atoms with Crippen LogP contribution in [0.5, 0.6) is 5.75 Å². The molecule has 0 saturated heterocycles. The van der Waals surface area contributed by atoms with E-state index in [2.05, 4.69) is 4.98 Å². The average molecular weight is 206 g/mol. The van der Waals surface area contributed by atoms with E-state index in [1.165, 1.54) is 6.07 Å². The second-order valence-electron chi connectivity index (χ2n) is 3.26. The van der Waals surface area contributed by atoms with E-state index in [0.29, 0.717) is 5.39 Å². The van der Waals surface area contributed by atoms with E-state index in [1.54, 1.807) is 18.3 Å². The Morgan fingerprint density at radius 3 is 2.80 bits per heavy atom. The summed E-state index contributed by atoms with van der Waals surface area (Å²) in [6, 6.07) is 3.66. The number of carboxylic acids is 1. The lowest BCUT2D eigenvalue weighted by atomic mass is 10.0. The van der Waals surface area contributed by atoms with Crippen LogP contribution in [0.1, 0.15) is 11.6 Å². The molecule has 0 radical (unpaired) electrons. The predicted molar refractivity (Wildman–Crippen MR) is 54.5 cm³/mol. The lowest BCUT2D eigenvalue weighted by Gasteiger charge is -2.09. The quantitative estimate of drug-likeness (QED) is 0.588. The Morgan fingerprint density at radius 2 is 2.13 bits per heavy atom. The molecule has 2 aromatic rings. The minimum absolute atomic E-state index is 0.0800. The van der Waals surface area contributed by atoms with Crippen LogP contribution in [0.2, 0.25) is 0 Å². The van der Waals surface area contributed by atoms with Crippen molar-refractivity contribution < 1.29 is 15.0 Å². The summed E-state index contributed by atoms with van der Waals surface area (Å²) < 4.78 is 0. The topological polar surface area (TPSA) is 99.3 Å². The summed E-state index contributed by atoms with van der Waals surface area (Å²) in [6.07, 6.45) is 1.67. The molecular weight excluding hydrogens is 196 g/mol. The number of carboxylic acid groups (broad SMARTS) is 1. The number of phenolic OH excluding ortho intramolecular Hbond substituents is 1. The van der Waals surface area contributed by atoms with E-state index in [0.717, 1.165) is 5.52 Å². The van der Waals surface area contributed by atoms with E-state index >= 15 is 0 Å². The first-order valence-corrected chi connectivity index (χ1v) is 4.38. The van der Waals surface area contributed by atoms with Gasteiger partial charge in [-0.1, -0.05) is 6.07 Å². The largest absolute Gasteiger partial charge is 0.507 e. The first-order chi connectivity index (χ1) is 7.11. The number of aromatic nitrogens is 1. The highest BCUT2D eigenvalue weighted by atomic mass is 16.4. The number of carbonyl (C=O) groups is 1. The van der Waals surface area contributed by atoms with E-state index < -0.39 is 12.0 Å². The van der Waals surface area contributed by atoms with Crippen molar-refractivity contribution in [1.82, 2.24) is 4.98 Å². The first kappa shape index (κ1) is 9.54. The normalized spacial score (nSPS) is 12.9. The molecular formula is C10H10N2O3. The molecule has 5 heteroatoms. The lowest BCUT2D eigenvalue weighted by molar-refractivity contribution is -0.138. The number of aromatic hydroxyl groups is 1. The molecule has 0 unspecified atom stereocenters. The van der Waals surface area contributed by atoms with Gasteiger partial charge in [-0.05, 0) is 12.1 Å². The smallest absolute Gasteiger partial charge is 0.325 e. The molecule has 1 aromatic carbocycles. The number of rotatable bonds is 2. The second-order valence-corrected chi connectivity index (χ2v) is 3.26. The van der Waals surface area contributed by atoms with Crippen molar-refractivity contribution in [3.8, 4) is 5.75 Å². The molecule has 0 spiro atoms. The van der Waals surface area contributed by atoms with E-state index in [1.807, 2.05) is 0 Å². The molecule has 1 heterocycles. The Labute approximate surface area is 85.1 Å². The monoisotopic (exact) mass is 206 g/mol. The van der Waals surface area contributed by atoms with Crippen LogP contribution in [0.3, 0.4) is 0 Å². The number of benzene rings is 1. The van der Waals surface area contributed by atoms with Crippen molar-refractivity contribution in [1.29, 1.82) is 0 Å². The molecule has 1 aromatic heterocycles. The van der Waals surface area contributed by atoms with Gasteiger partial charge in [0.15, 0.2) is 0 Å². The zero-order valence-electron chi connectivity index (χ0n) is 7.77. The maximum absolute atomic E-state index is 10.7. The summed E-state index contributed by atoms with van der Waals surface area (Å²) in [4.78, 5) is 13.6. The van der Waals surface area contributed by atoms with Crippen molar-refractivity contribution in [3.05, 3.63) is 30.0 Å². The van der Waals surface area contributed by atoms with E-state index in [9.17, 15) is 9.90 Å². The lowest BCUT2D eigenvalue weighted by Crippen LogP contribution is -2.20. The summed E-state index contributed by atoms with van der Waals surface area (Å²) in [6.45, 7) is 0. The van der Waals surface area contributed by atoms with Crippen molar-refractivity contribution in [2.45, 2.75) is 6.04 Å². The fraction of sp³-hybridized carbons (Fsp3) is 0.100. The van der Waals surface area contributed by atoms with Crippen molar-refractivity contribution in [3.63, 3.8) is 0 Å². The Balaban J connectivity index is 2.62. The molecule has 1 atom stereocenters. The molecule has 2 rings (SSSR count). The van der Waals surface area contributed by atoms with Crippen LogP contribution in [-0.4, -0.2) is 21.2 Å². The molecule has 0 aliphatic carbocycles. The number of fused-ring (bicyclic) bond motifs is 1. The molecule has 5 N–H and O–H groups in total. The fourth-order valence-corrected chi connectivity index (χ4v) is 1.52. The highest BCUT2D eigenvalue weighted by Gasteiger charge is 2.19. The number of aliphatic carboxylic acids is 1. The number of hydrogen-bond donors (Lipinski definition) is 4. The molecule has 78 valence electrons. The maximum atomic E-state index is 10.7. The Morgan fingerprint density at radius 1 is 1.40 bits per heavy atom. The molecule has 15 heavy (non-hydrogen) atoms. The Kier molecular flexibility index (Phi) is 2.09. The fourth-order valence-electron chi connectivity index (χ4n) is 1.52. The van der Waals surface area contributed by atoms with Gasteiger partial charge in [0, 0.05) is 22.7 Å². The van der Waals surface area contributed by atoms with Crippen LogP contribution in [-0.2, 0) is 4.79 Å². The summed E-state index contributed by atoms with van der Waals surface area (Å²) in [7, 11) is 0. The van der Waals surface area contributed by atoms with Gasteiger partial charge in [-0.15, -0.1) is 0 Å². The van der Waals surface area contributed by atoms with Gasteiger partial charge < -0.3 is 20.9 Å². The Hall–Kier alpha value is -2.01. The van der Waals surface area contributed by atoms with Crippen LogP contribution in [0, 0.1) is 0 Å². The minimum Gasteiger partial charge on any atom is -0.507 e. The van der Waals surface area contributed by atoms with Crippen LogP contribution >= 0.6 is 0 Å². The van der Waals surface area contributed by atoms with Gasteiger partial charge in [-0.2, -0.15) is 0 Å². The molecule has 0 amide bonds. The number of nitrogens with two attached hydrogens (primary N) is 1. The highest BCUT2D eigenvalue weighted by Crippen LogP contribution is 2.31. The second kappa shape index (κ2) is 3.29. The van der Waals surface area contributed by atoms with Crippen molar-refractivity contribution in [2.24, 2.45) is 5.73 Å². The first-order valence-electron chi connectivity index (χ1n) is 4.38. The van der Waals surface area contributed by atoms with Gasteiger partial charge in [0.1, 0.15) is 11.8 Å². The number of phenols is 1. The molecule has 5 nitrogen and oxygen atoms in total. The third-order valence-corrected chi connectivity index (χ3v) is 2.34. The third-order valence-electron chi connectivity index (χ3n) is 2.34. The summed E-state index contributed by atoms with van der Waals surface area (Å²) in [5, 5.41) is 19.1. The molecule has 0 fully saturated rings. The molecule has 0 bridgehead atoms. The summed E-state index contributed by atoms with van der Waals surface area (Å²) >= 11 is 0. The Bertz CT molecular complexity index is 518. The number of aromatic amines is 1. The van der Waals surface area contributed by atoms with Gasteiger partial charge in [0.2, 0.25) is 0 Å². The standard InChI is InChI=1S/C10H10N2O3/c11-8(10(14)15)6-1-2-7-5(9(6)13)3-4-12-7/h1-4,8,12-13H,11H2,(H,14,15)/t8-/m0/s1. The van der Waals surface area contributed by atoms with Crippen molar-refractivity contribution in [2.75, 3.05) is 0 Å². The summed E-state index contributed by atoms with van der Waals surface area (Å²) in [5.74, 6) is -1.25.